The zero-order valence-electron chi connectivity index (χ0n) is 16.2. The molecule has 0 bridgehead atoms. The molecule has 28 heavy (non-hydrogen) atoms. The van der Waals surface area contributed by atoms with E-state index in [9.17, 15) is 9.59 Å². The van der Waals surface area contributed by atoms with Crippen LogP contribution in [0.5, 0.6) is 11.5 Å². The van der Waals surface area contributed by atoms with Crippen molar-refractivity contribution in [2.24, 2.45) is 0 Å². The number of carbonyl (C=O) groups is 2. The predicted octanol–water partition coefficient (Wildman–Crippen LogP) is 4.52. The average molecular weight is 397 g/mol. The van der Waals surface area contributed by atoms with Gasteiger partial charge in [0.15, 0.2) is 0 Å². The number of methoxy groups -OCH3 is 1. The second-order valence-electron chi connectivity index (χ2n) is 6.16. The molecule has 0 aliphatic carbocycles. The highest BCUT2D eigenvalue weighted by Gasteiger charge is 2.40. The topological polar surface area (TPSA) is 55.8 Å². The number of anilines is 1. The third-order valence-electron chi connectivity index (χ3n) is 4.26. The summed E-state index contributed by atoms with van der Waals surface area (Å²) in [6.45, 7) is 4.57. The number of thioether (sulfide) groups is 1. The molecular formula is C22H23NO4S. The van der Waals surface area contributed by atoms with E-state index in [0.717, 1.165) is 6.42 Å². The van der Waals surface area contributed by atoms with E-state index in [2.05, 4.69) is 0 Å². The summed E-state index contributed by atoms with van der Waals surface area (Å²) in [7, 11) is 1.59. The van der Waals surface area contributed by atoms with E-state index in [1.807, 2.05) is 19.9 Å². The Bertz CT molecular complexity index is 905. The molecule has 0 unspecified atom stereocenters. The molecule has 0 N–H and O–H groups in total. The molecule has 5 nitrogen and oxygen atoms in total. The highest BCUT2D eigenvalue weighted by Crippen LogP contribution is 2.39. The number of ether oxygens (including phenoxy) is 2. The van der Waals surface area contributed by atoms with E-state index in [4.69, 9.17) is 9.47 Å². The minimum atomic E-state index is -0.321. The van der Waals surface area contributed by atoms with Crippen molar-refractivity contribution in [2.45, 2.75) is 20.3 Å². The van der Waals surface area contributed by atoms with E-state index in [0.29, 0.717) is 45.6 Å². The number of imide groups is 1. The van der Waals surface area contributed by atoms with Crippen LogP contribution in [-0.4, -0.2) is 31.3 Å². The lowest BCUT2D eigenvalue weighted by Gasteiger charge is -2.16. The molecule has 6 heteroatoms. The Morgan fingerprint density at radius 1 is 0.964 bits per heavy atom. The first-order valence-electron chi connectivity index (χ1n) is 9.23. The van der Waals surface area contributed by atoms with E-state index < -0.39 is 0 Å². The quantitative estimate of drug-likeness (QED) is 0.613. The number of hydrogen-bond acceptors (Lipinski definition) is 5. The van der Waals surface area contributed by atoms with E-state index >= 15 is 0 Å². The van der Waals surface area contributed by atoms with E-state index in [1.54, 1.807) is 49.6 Å². The first-order valence-corrected chi connectivity index (χ1v) is 10.2. The van der Waals surface area contributed by atoms with Crippen LogP contribution in [0.4, 0.5) is 5.69 Å². The maximum atomic E-state index is 13.2. The van der Waals surface area contributed by atoms with Gasteiger partial charge in [-0.05, 0) is 42.0 Å². The monoisotopic (exact) mass is 397 g/mol. The number of benzene rings is 2. The van der Waals surface area contributed by atoms with Gasteiger partial charge in [0.05, 0.1) is 29.9 Å². The molecule has 0 spiro atoms. The van der Waals surface area contributed by atoms with Gasteiger partial charge in [0.2, 0.25) is 0 Å². The van der Waals surface area contributed by atoms with Gasteiger partial charge >= 0.3 is 0 Å². The Morgan fingerprint density at radius 2 is 1.71 bits per heavy atom. The molecular weight excluding hydrogens is 374 g/mol. The minimum absolute atomic E-state index is 0.296. The second-order valence-corrected chi connectivity index (χ2v) is 7.43. The van der Waals surface area contributed by atoms with E-state index in [-0.39, 0.29) is 11.8 Å². The van der Waals surface area contributed by atoms with Crippen molar-refractivity contribution in [3.8, 4) is 11.5 Å². The summed E-state index contributed by atoms with van der Waals surface area (Å²) in [5, 5.41) is 0. The molecule has 1 aliphatic rings. The van der Waals surface area contributed by atoms with Crippen molar-refractivity contribution in [1.82, 2.24) is 0 Å². The lowest BCUT2D eigenvalue weighted by atomic mass is 10.1. The molecule has 0 saturated carbocycles. The first kappa shape index (κ1) is 20.0. The average Bonchev–Trinajstić information content (AvgIpc) is 2.96. The van der Waals surface area contributed by atoms with Gasteiger partial charge in [-0.3, -0.25) is 9.59 Å². The maximum Gasteiger partial charge on any atom is 0.272 e. The smallest absolute Gasteiger partial charge is 0.272 e. The number of nitrogens with zero attached hydrogens (tertiary/aromatic N) is 1. The Balaban J connectivity index is 1.99. The van der Waals surface area contributed by atoms with Crippen LogP contribution < -0.4 is 14.4 Å². The molecule has 3 rings (SSSR count). The van der Waals surface area contributed by atoms with Gasteiger partial charge in [-0.2, -0.15) is 0 Å². The number of amides is 2. The molecule has 0 radical (unpaired) electrons. The fraction of sp³-hybridized carbons (Fsp3) is 0.273. The molecule has 2 aromatic rings. The zero-order chi connectivity index (χ0) is 20.1. The Hall–Kier alpha value is -2.73. The molecule has 0 saturated heterocycles. The van der Waals surface area contributed by atoms with Gasteiger partial charge in [0, 0.05) is 6.07 Å². The van der Waals surface area contributed by atoms with Crippen molar-refractivity contribution in [2.75, 3.05) is 24.4 Å². The fourth-order valence-electron chi connectivity index (χ4n) is 2.97. The van der Waals surface area contributed by atoms with Crippen LogP contribution in [0.3, 0.4) is 0 Å². The Kier molecular flexibility index (Phi) is 6.41. The van der Waals surface area contributed by atoms with Crippen molar-refractivity contribution in [3.63, 3.8) is 0 Å². The van der Waals surface area contributed by atoms with Gasteiger partial charge in [-0.25, -0.2) is 4.90 Å². The Morgan fingerprint density at radius 3 is 2.36 bits per heavy atom. The van der Waals surface area contributed by atoms with Crippen LogP contribution >= 0.6 is 11.8 Å². The van der Waals surface area contributed by atoms with Crippen molar-refractivity contribution < 1.29 is 19.1 Å². The van der Waals surface area contributed by atoms with Gasteiger partial charge in [-0.1, -0.05) is 32.0 Å². The molecule has 1 aliphatic heterocycles. The Labute approximate surface area is 169 Å². The third kappa shape index (κ3) is 3.92. The summed E-state index contributed by atoms with van der Waals surface area (Å²) in [6, 6.07) is 14.3. The van der Waals surface area contributed by atoms with Crippen molar-refractivity contribution in [1.29, 1.82) is 0 Å². The van der Waals surface area contributed by atoms with Crippen LogP contribution in [-0.2, 0) is 9.59 Å². The summed E-state index contributed by atoms with van der Waals surface area (Å²) in [5.74, 6) is 1.42. The molecule has 146 valence electrons. The fourth-order valence-corrected chi connectivity index (χ4v) is 3.82. The lowest BCUT2D eigenvalue weighted by molar-refractivity contribution is -0.119. The zero-order valence-corrected chi connectivity index (χ0v) is 17.0. The highest BCUT2D eigenvalue weighted by molar-refractivity contribution is 8.04. The molecule has 1 heterocycles. The predicted molar refractivity (Wildman–Crippen MR) is 113 cm³/mol. The van der Waals surface area contributed by atoms with Crippen LogP contribution in [0.2, 0.25) is 0 Å². The molecule has 0 fully saturated rings. The molecule has 2 aromatic carbocycles. The number of hydrogen-bond donors (Lipinski definition) is 0. The maximum absolute atomic E-state index is 13.2. The van der Waals surface area contributed by atoms with Crippen LogP contribution in [0.15, 0.2) is 53.4 Å². The number of rotatable bonds is 8. The molecule has 2 amide bonds. The summed E-state index contributed by atoms with van der Waals surface area (Å²) in [6.07, 6.45) is 0.881. The van der Waals surface area contributed by atoms with Crippen LogP contribution in [0.1, 0.15) is 25.8 Å². The standard InChI is InChI=1S/C22H23NO4S/c1-4-13-27-18-8-6-7-16(14-18)23-21(24)19(20(22(23)25)28-5-2)15-9-11-17(26-3)12-10-15/h6-12,14H,4-5,13H2,1-3H3. The largest absolute Gasteiger partial charge is 0.497 e. The molecule has 0 atom stereocenters. The first-order chi connectivity index (χ1) is 13.6. The summed E-state index contributed by atoms with van der Waals surface area (Å²) < 4.78 is 10.8. The van der Waals surface area contributed by atoms with Gasteiger partial charge in [-0.15, -0.1) is 11.8 Å². The molecule has 0 aromatic heterocycles. The van der Waals surface area contributed by atoms with Gasteiger partial charge in [0.25, 0.3) is 11.8 Å². The minimum Gasteiger partial charge on any atom is -0.497 e. The second kappa shape index (κ2) is 8.97. The summed E-state index contributed by atoms with van der Waals surface area (Å²) >= 11 is 1.39. The summed E-state index contributed by atoms with van der Waals surface area (Å²) in [4.78, 5) is 28.0. The van der Waals surface area contributed by atoms with Crippen LogP contribution in [0, 0.1) is 0 Å². The normalized spacial score (nSPS) is 14.0. The summed E-state index contributed by atoms with van der Waals surface area (Å²) in [5.41, 5.74) is 1.65. The van der Waals surface area contributed by atoms with Crippen molar-refractivity contribution in [3.05, 3.63) is 59.0 Å². The van der Waals surface area contributed by atoms with E-state index in [1.165, 1.54) is 16.7 Å². The third-order valence-corrected chi connectivity index (χ3v) is 5.21. The van der Waals surface area contributed by atoms with Gasteiger partial charge in [0.1, 0.15) is 11.5 Å². The van der Waals surface area contributed by atoms with Gasteiger partial charge < -0.3 is 9.47 Å². The SMILES string of the molecule is CCCOc1cccc(N2C(=O)C(SCC)=C(c3ccc(OC)cc3)C2=O)c1. The van der Waals surface area contributed by atoms with Crippen molar-refractivity contribution >= 4 is 34.8 Å². The number of carbonyl (C=O) groups excluding carboxylic acids is 2. The van der Waals surface area contributed by atoms with Crippen LogP contribution in [0.25, 0.3) is 5.57 Å². The highest BCUT2D eigenvalue weighted by atomic mass is 32.2. The lowest BCUT2D eigenvalue weighted by Crippen LogP contribution is -2.31.